The Bertz CT molecular complexity index is 984. The van der Waals surface area contributed by atoms with Crippen molar-refractivity contribution in [1.29, 1.82) is 0 Å². The van der Waals surface area contributed by atoms with Crippen LogP contribution in [-0.4, -0.2) is 21.6 Å². The highest BCUT2D eigenvalue weighted by Crippen LogP contribution is 2.37. The van der Waals surface area contributed by atoms with Gasteiger partial charge in [-0.2, -0.15) is 4.98 Å². The molecule has 0 aliphatic carbocycles. The second kappa shape index (κ2) is 5.72. The van der Waals surface area contributed by atoms with Gasteiger partial charge < -0.3 is 11.1 Å². The molecule has 3 rings (SSSR count). The Labute approximate surface area is 141 Å². The molecule has 0 amide bonds. The summed E-state index contributed by atoms with van der Waals surface area (Å²) in [4.78, 5) is 21.2. The molecule has 2 heterocycles. The van der Waals surface area contributed by atoms with E-state index in [1.807, 2.05) is 0 Å². The highest BCUT2D eigenvalue weighted by Gasteiger charge is 2.17. The number of hydrogen-bond donors (Lipinski definition) is 2. The van der Waals surface area contributed by atoms with Crippen molar-refractivity contribution in [2.75, 3.05) is 18.1 Å². The molecule has 0 atom stereocenters. The average Bonchev–Trinajstić information content (AvgIpc) is 2.55. The van der Waals surface area contributed by atoms with Crippen molar-refractivity contribution >= 4 is 45.9 Å². The quantitative estimate of drug-likeness (QED) is 0.694. The van der Waals surface area contributed by atoms with Gasteiger partial charge in [0.15, 0.2) is 0 Å². The molecule has 0 saturated carbocycles. The van der Waals surface area contributed by atoms with E-state index in [-0.39, 0.29) is 10.6 Å². The van der Waals surface area contributed by atoms with Gasteiger partial charge in [0.2, 0.25) is 5.95 Å². The molecule has 8 heteroatoms. The number of aryl methyl sites for hydroxylation is 1. The summed E-state index contributed by atoms with van der Waals surface area (Å²) in [6.07, 6.45) is 1.63. The second-order valence-electron chi connectivity index (χ2n) is 4.97. The summed E-state index contributed by atoms with van der Waals surface area (Å²) in [6.45, 7) is 0. The fourth-order valence-electron chi connectivity index (χ4n) is 2.36. The monoisotopic (exact) mass is 349 g/mol. The minimum Gasteiger partial charge on any atom is -0.398 e. The van der Waals surface area contributed by atoms with E-state index in [0.717, 1.165) is 0 Å². The summed E-state index contributed by atoms with van der Waals surface area (Å²) in [5.41, 5.74) is 7.19. The van der Waals surface area contributed by atoms with Crippen molar-refractivity contribution in [3.8, 4) is 11.1 Å². The van der Waals surface area contributed by atoms with Gasteiger partial charge in [0.25, 0.3) is 5.56 Å². The van der Waals surface area contributed by atoms with Crippen molar-refractivity contribution in [2.45, 2.75) is 0 Å². The summed E-state index contributed by atoms with van der Waals surface area (Å²) < 4.78 is 1.43. The van der Waals surface area contributed by atoms with Crippen LogP contribution in [0.4, 0.5) is 11.6 Å². The number of nitrogens with one attached hydrogen (secondary N) is 1. The largest absolute Gasteiger partial charge is 0.398 e. The molecule has 0 fully saturated rings. The van der Waals surface area contributed by atoms with E-state index in [1.165, 1.54) is 4.57 Å². The third-order valence-corrected chi connectivity index (χ3v) is 4.28. The zero-order chi connectivity index (χ0) is 16.7. The maximum Gasteiger partial charge on any atom is 0.259 e. The molecular weight excluding hydrogens is 337 g/mol. The number of benzene rings is 1. The number of fused-ring (bicyclic) bond motifs is 1. The zero-order valence-electron chi connectivity index (χ0n) is 12.4. The predicted molar refractivity (Wildman–Crippen MR) is 94.2 cm³/mol. The predicted octanol–water partition coefficient (Wildman–Crippen LogP) is 2.93. The molecule has 2 aromatic heterocycles. The van der Waals surface area contributed by atoms with Gasteiger partial charge in [-0.05, 0) is 18.2 Å². The number of nitrogens with zero attached hydrogens (tertiary/aromatic N) is 3. The van der Waals surface area contributed by atoms with Gasteiger partial charge in [-0.15, -0.1) is 0 Å². The number of nitrogen functional groups attached to an aromatic ring is 1. The standard InChI is InChI=1S/C15H13Cl2N5O/c1-19-15-20-6-7-5-8(14(23)22(2)13(7)21-15)11-9(16)3-4-10(18)12(11)17/h3-6H,18H2,1-2H3,(H,19,20,21). The molecule has 0 radical (unpaired) electrons. The van der Waals surface area contributed by atoms with E-state index in [9.17, 15) is 4.79 Å². The Balaban J connectivity index is 2.39. The summed E-state index contributed by atoms with van der Waals surface area (Å²) in [5, 5.41) is 4.14. The van der Waals surface area contributed by atoms with Gasteiger partial charge in [0.1, 0.15) is 5.65 Å². The smallest absolute Gasteiger partial charge is 0.259 e. The van der Waals surface area contributed by atoms with Crippen LogP contribution in [-0.2, 0) is 7.05 Å². The number of nitrogens with two attached hydrogens (primary N) is 1. The molecule has 6 nitrogen and oxygen atoms in total. The van der Waals surface area contributed by atoms with Crippen molar-refractivity contribution in [3.05, 3.63) is 44.8 Å². The van der Waals surface area contributed by atoms with Crippen LogP contribution in [0.2, 0.25) is 10.0 Å². The Kier molecular flexibility index (Phi) is 3.87. The Morgan fingerprint density at radius 2 is 2.04 bits per heavy atom. The molecule has 118 valence electrons. The lowest BCUT2D eigenvalue weighted by atomic mass is 10.1. The topological polar surface area (TPSA) is 85.8 Å². The van der Waals surface area contributed by atoms with E-state index in [2.05, 4.69) is 15.3 Å². The van der Waals surface area contributed by atoms with E-state index >= 15 is 0 Å². The van der Waals surface area contributed by atoms with E-state index < -0.39 is 0 Å². The molecule has 0 unspecified atom stereocenters. The van der Waals surface area contributed by atoms with E-state index in [0.29, 0.717) is 38.8 Å². The van der Waals surface area contributed by atoms with E-state index in [4.69, 9.17) is 28.9 Å². The minimum atomic E-state index is -0.271. The summed E-state index contributed by atoms with van der Waals surface area (Å²) in [5.74, 6) is 0.431. The lowest BCUT2D eigenvalue weighted by Gasteiger charge is -2.12. The number of hydrogen-bond acceptors (Lipinski definition) is 5. The Hall–Kier alpha value is -2.31. The molecule has 23 heavy (non-hydrogen) atoms. The minimum absolute atomic E-state index is 0.252. The van der Waals surface area contributed by atoms with Crippen molar-refractivity contribution < 1.29 is 0 Å². The molecule has 0 aliphatic rings. The van der Waals surface area contributed by atoms with Gasteiger partial charge >= 0.3 is 0 Å². The first-order valence-corrected chi connectivity index (χ1v) is 7.48. The third-order valence-electron chi connectivity index (χ3n) is 3.56. The Morgan fingerprint density at radius 3 is 2.74 bits per heavy atom. The molecule has 1 aromatic carbocycles. The van der Waals surface area contributed by atoms with Crippen LogP contribution in [0.15, 0.2) is 29.2 Å². The lowest BCUT2D eigenvalue weighted by Crippen LogP contribution is -2.20. The third kappa shape index (κ3) is 2.50. The number of pyridine rings is 1. The molecule has 0 saturated heterocycles. The zero-order valence-corrected chi connectivity index (χ0v) is 13.9. The van der Waals surface area contributed by atoms with Gasteiger partial charge in [-0.1, -0.05) is 23.2 Å². The fraction of sp³-hybridized carbons (Fsp3) is 0.133. The summed E-state index contributed by atoms with van der Waals surface area (Å²) in [7, 11) is 3.34. The normalized spacial score (nSPS) is 11.0. The van der Waals surface area contributed by atoms with Crippen LogP contribution in [0.5, 0.6) is 0 Å². The van der Waals surface area contributed by atoms with Gasteiger partial charge in [-0.25, -0.2) is 4.98 Å². The van der Waals surface area contributed by atoms with Gasteiger partial charge in [0, 0.05) is 31.2 Å². The van der Waals surface area contributed by atoms with Crippen LogP contribution < -0.4 is 16.6 Å². The van der Waals surface area contributed by atoms with Crippen LogP contribution in [0, 0.1) is 0 Å². The molecule has 0 bridgehead atoms. The second-order valence-corrected chi connectivity index (χ2v) is 5.76. The van der Waals surface area contributed by atoms with E-state index in [1.54, 1.807) is 38.5 Å². The first kappa shape index (κ1) is 15.6. The molecule has 0 spiro atoms. The maximum atomic E-state index is 12.7. The fourth-order valence-corrected chi connectivity index (χ4v) is 2.94. The molecule has 3 N–H and O–H groups in total. The van der Waals surface area contributed by atoms with Gasteiger partial charge in [0.05, 0.1) is 21.3 Å². The number of aromatic nitrogens is 3. The van der Waals surface area contributed by atoms with Crippen LogP contribution in [0.1, 0.15) is 0 Å². The maximum absolute atomic E-state index is 12.7. The lowest BCUT2D eigenvalue weighted by molar-refractivity contribution is 0.886. The van der Waals surface area contributed by atoms with Crippen molar-refractivity contribution in [1.82, 2.24) is 14.5 Å². The summed E-state index contributed by atoms with van der Waals surface area (Å²) in [6, 6.07) is 4.88. The summed E-state index contributed by atoms with van der Waals surface area (Å²) >= 11 is 12.5. The number of halogens is 2. The number of rotatable bonds is 2. The Morgan fingerprint density at radius 1 is 1.30 bits per heavy atom. The van der Waals surface area contributed by atoms with Crippen LogP contribution in [0.25, 0.3) is 22.2 Å². The van der Waals surface area contributed by atoms with Gasteiger partial charge in [-0.3, -0.25) is 9.36 Å². The number of anilines is 2. The first-order valence-electron chi connectivity index (χ1n) is 6.72. The SMILES string of the molecule is CNc1ncc2cc(-c3c(Cl)ccc(N)c3Cl)c(=O)n(C)c2n1. The molecule has 3 aromatic rings. The molecule has 0 aliphatic heterocycles. The highest BCUT2D eigenvalue weighted by molar-refractivity contribution is 6.40. The first-order chi connectivity index (χ1) is 10.9. The van der Waals surface area contributed by atoms with Crippen LogP contribution >= 0.6 is 23.2 Å². The molecular formula is C15H13Cl2N5O. The average molecular weight is 350 g/mol. The van der Waals surface area contributed by atoms with Crippen molar-refractivity contribution in [2.24, 2.45) is 7.05 Å². The highest BCUT2D eigenvalue weighted by atomic mass is 35.5. The van der Waals surface area contributed by atoms with Crippen LogP contribution in [0.3, 0.4) is 0 Å². The van der Waals surface area contributed by atoms with Crippen molar-refractivity contribution in [3.63, 3.8) is 0 Å².